The van der Waals surface area contributed by atoms with Gasteiger partial charge in [0.2, 0.25) is 11.9 Å². The van der Waals surface area contributed by atoms with Crippen LogP contribution < -0.4 is 22.1 Å². The maximum Gasteiger partial charge on any atom is 0.335 e. The number of esters is 1. The van der Waals surface area contributed by atoms with Gasteiger partial charge in [0.15, 0.2) is 0 Å². The molecular weight excluding hydrogens is 542 g/mol. The monoisotopic (exact) mass is 573 g/mol. The van der Waals surface area contributed by atoms with Gasteiger partial charge in [-0.3, -0.25) is 9.59 Å². The molecule has 2 aromatic carbocycles. The zero-order chi connectivity index (χ0) is 30.2. The molecule has 0 aliphatic heterocycles. The van der Waals surface area contributed by atoms with E-state index in [1.54, 1.807) is 18.2 Å². The minimum absolute atomic E-state index is 0.0169. The van der Waals surface area contributed by atoms with Gasteiger partial charge in [-0.1, -0.05) is 18.2 Å². The van der Waals surface area contributed by atoms with E-state index in [-0.39, 0.29) is 24.4 Å². The number of carbonyl (C=O) groups excluding carboxylic acids is 3. The van der Waals surface area contributed by atoms with E-state index < -0.39 is 29.8 Å². The Morgan fingerprint density at radius 1 is 1.02 bits per heavy atom. The lowest BCUT2D eigenvalue weighted by molar-refractivity contribution is -0.143. The number of aryl methyl sites for hydroxylation is 2. The van der Waals surface area contributed by atoms with Crippen LogP contribution in [0.15, 0.2) is 54.7 Å². The summed E-state index contributed by atoms with van der Waals surface area (Å²) >= 11 is 0. The van der Waals surface area contributed by atoms with Crippen LogP contribution in [0.25, 0.3) is 11.0 Å². The molecule has 0 radical (unpaired) electrons. The van der Waals surface area contributed by atoms with Crippen LogP contribution in [-0.2, 0) is 27.2 Å². The van der Waals surface area contributed by atoms with Crippen molar-refractivity contribution in [3.63, 3.8) is 0 Å². The molecule has 0 fully saturated rings. The second kappa shape index (κ2) is 13.3. The number of aromatic amines is 1. The van der Waals surface area contributed by atoms with Crippen molar-refractivity contribution in [1.82, 2.24) is 20.3 Å². The van der Waals surface area contributed by atoms with Crippen LogP contribution in [0.4, 0.5) is 17.5 Å². The number of nitrogen functional groups attached to an aromatic ring is 2. The van der Waals surface area contributed by atoms with Gasteiger partial charge in [0.05, 0.1) is 18.1 Å². The van der Waals surface area contributed by atoms with Crippen LogP contribution >= 0.6 is 0 Å². The summed E-state index contributed by atoms with van der Waals surface area (Å²) in [6, 6.07) is 11.8. The van der Waals surface area contributed by atoms with Gasteiger partial charge in [0.25, 0.3) is 5.91 Å². The Bertz CT molecular complexity index is 1620. The summed E-state index contributed by atoms with van der Waals surface area (Å²) in [5.41, 5.74) is 15.0. The van der Waals surface area contributed by atoms with Crippen molar-refractivity contribution in [2.24, 2.45) is 0 Å². The van der Waals surface area contributed by atoms with Gasteiger partial charge >= 0.3 is 11.9 Å². The number of H-pyrrole nitrogens is 1. The summed E-state index contributed by atoms with van der Waals surface area (Å²) in [4.78, 5) is 60.0. The number of fused-ring (bicyclic) bond motifs is 1. The standard InChI is InChI=1S/C29H31N7O6/c1-42-28(41)21(12-13-22(37)33-20-7-3-5-18(14-20)27(39)40)34-26(38)17-10-8-16(9-11-17)4-2-6-19-15-32-25-23(19)24(30)35-29(31)36-25/h3,5,7-11,14-15,21H,2,4,6,12-13H2,1H3,(H,33,37)(H,34,38)(H,39,40)(H5,30,31,32,35,36)/t21-/m0/s1. The number of anilines is 3. The molecule has 1 atom stereocenters. The summed E-state index contributed by atoms with van der Waals surface area (Å²) in [5, 5.41) is 15.1. The van der Waals surface area contributed by atoms with Crippen molar-refractivity contribution >= 4 is 52.2 Å². The number of aromatic nitrogens is 3. The minimum Gasteiger partial charge on any atom is -0.478 e. The van der Waals surface area contributed by atoms with E-state index in [4.69, 9.17) is 21.3 Å². The largest absolute Gasteiger partial charge is 0.478 e. The molecule has 0 aliphatic rings. The van der Waals surface area contributed by atoms with Crippen LogP contribution in [0, 0.1) is 0 Å². The van der Waals surface area contributed by atoms with Gasteiger partial charge in [0.1, 0.15) is 17.5 Å². The molecule has 218 valence electrons. The van der Waals surface area contributed by atoms with E-state index in [1.165, 1.54) is 25.3 Å². The number of aromatic carboxylic acids is 1. The number of ether oxygens (including phenoxy) is 1. The SMILES string of the molecule is COC(=O)[C@H](CCC(=O)Nc1cccc(C(=O)O)c1)NC(=O)c1ccc(CCCc2c[nH]c3nc(N)nc(N)c23)cc1. The van der Waals surface area contributed by atoms with E-state index in [9.17, 15) is 19.2 Å². The number of nitrogens with one attached hydrogen (secondary N) is 3. The number of nitrogens with zero attached hydrogens (tertiary/aromatic N) is 2. The molecular formula is C29H31N7O6. The Morgan fingerprint density at radius 3 is 2.50 bits per heavy atom. The lowest BCUT2D eigenvalue weighted by Crippen LogP contribution is -2.42. The highest BCUT2D eigenvalue weighted by Crippen LogP contribution is 2.24. The van der Waals surface area contributed by atoms with Crippen molar-refractivity contribution in [2.75, 3.05) is 23.9 Å². The Morgan fingerprint density at radius 2 is 1.79 bits per heavy atom. The summed E-state index contributed by atoms with van der Waals surface area (Å²) in [6.45, 7) is 0. The van der Waals surface area contributed by atoms with E-state index >= 15 is 0 Å². The maximum atomic E-state index is 12.9. The fourth-order valence-corrected chi connectivity index (χ4v) is 4.51. The molecule has 13 heteroatoms. The Hall–Kier alpha value is -5.46. The van der Waals surface area contributed by atoms with E-state index in [0.717, 1.165) is 35.8 Å². The quantitative estimate of drug-likeness (QED) is 0.136. The highest BCUT2D eigenvalue weighted by molar-refractivity contribution is 5.97. The molecule has 2 aromatic heterocycles. The van der Waals surface area contributed by atoms with Gasteiger partial charge in [-0.25, -0.2) is 9.59 Å². The van der Waals surface area contributed by atoms with Crippen LogP contribution in [0.1, 0.15) is 51.1 Å². The fourth-order valence-electron chi connectivity index (χ4n) is 4.51. The van der Waals surface area contributed by atoms with Crippen molar-refractivity contribution in [2.45, 2.75) is 38.1 Å². The summed E-state index contributed by atoms with van der Waals surface area (Å²) < 4.78 is 4.80. The number of benzene rings is 2. The van der Waals surface area contributed by atoms with Crippen LogP contribution in [-0.4, -0.2) is 57.0 Å². The molecule has 2 heterocycles. The second-order valence-electron chi connectivity index (χ2n) is 9.58. The predicted molar refractivity (Wildman–Crippen MR) is 156 cm³/mol. The van der Waals surface area contributed by atoms with Crippen molar-refractivity contribution < 1.29 is 29.0 Å². The molecule has 4 aromatic rings. The Kier molecular flexibility index (Phi) is 9.32. The van der Waals surface area contributed by atoms with Gasteiger partial charge in [0, 0.05) is 23.9 Å². The first kappa shape index (κ1) is 29.5. The molecule has 8 N–H and O–H groups in total. The Labute approximate surface area is 240 Å². The summed E-state index contributed by atoms with van der Waals surface area (Å²) in [6.07, 6.45) is 4.02. The Balaban J connectivity index is 1.29. The molecule has 0 aliphatic carbocycles. The third kappa shape index (κ3) is 7.38. The summed E-state index contributed by atoms with van der Waals surface area (Å²) in [5.74, 6) is -2.30. The minimum atomic E-state index is -1.12. The zero-order valence-corrected chi connectivity index (χ0v) is 22.8. The first-order valence-corrected chi connectivity index (χ1v) is 13.1. The number of methoxy groups -OCH3 is 1. The number of hydrogen-bond acceptors (Lipinski definition) is 9. The number of nitrogens with two attached hydrogens (primary N) is 2. The normalized spacial score (nSPS) is 11.5. The number of hydrogen-bond donors (Lipinski definition) is 6. The first-order chi connectivity index (χ1) is 20.1. The van der Waals surface area contributed by atoms with Crippen LogP contribution in [0.5, 0.6) is 0 Å². The lowest BCUT2D eigenvalue weighted by atomic mass is 10.0. The average molecular weight is 574 g/mol. The fraction of sp³-hybridized carbons (Fsp3) is 0.241. The lowest BCUT2D eigenvalue weighted by Gasteiger charge is -2.16. The van der Waals surface area contributed by atoms with E-state index in [0.29, 0.717) is 22.7 Å². The number of amides is 2. The van der Waals surface area contributed by atoms with E-state index in [1.807, 2.05) is 18.3 Å². The third-order valence-electron chi connectivity index (χ3n) is 6.63. The van der Waals surface area contributed by atoms with Gasteiger partial charge < -0.3 is 36.9 Å². The number of carboxylic acid groups (broad SMARTS) is 1. The molecule has 0 saturated carbocycles. The molecule has 4 rings (SSSR count). The molecule has 0 spiro atoms. The number of carboxylic acids is 1. The molecule has 2 amide bonds. The first-order valence-electron chi connectivity index (χ1n) is 13.1. The van der Waals surface area contributed by atoms with Crippen LogP contribution in [0.3, 0.4) is 0 Å². The smallest absolute Gasteiger partial charge is 0.335 e. The molecule has 42 heavy (non-hydrogen) atoms. The van der Waals surface area contributed by atoms with Gasteiger partial charge in [-0.05, 0) is 67.1 Å². The number of rotatable bonds is 12. The molecule has 13 nitrogen and oxygen atoms in total. The van der Waals surface area contributed by atoms with Crippen molar-refractivity contribution in [1.29, 1.82) is 0 Å². The average Bonchev–Trinajstić information content (AvgIpc) is 3.38. The molecule has 0 saturated heterocycles. The molecule has 0 bridgehead atoms. The van der Waals surface area contributed by atoms with E-state index in [2.05, 4.69) is 25.6 Å². The predicted octanol–water partition coefficient (Wildman–Crippen LogP) is 2.69. The summed E-state index contributed by atoms with van der Waals surface area (Å²) in [7, 11) is 1.20. The van der Waals surface area contributed by atoms with Crippen molar-refractivity contribution in [3.05, 3.63) is 77.0 Å². The zero-order valence-electron chi connectivity index (χ0n) is 22.8. The second-order valence-corrected chi connectivity index (χ2v) is 9.58. The van der Waals surface area contributed by atoms with Crippen LogP contribution in [0.2, 0.25) is 0 Å². The maximum absolute atomic E-state index is 12.9. The van der Waals surface area contributed by atoms with Gasteiger partial charge in [-0.15, -0.1) is 0 Å². The van der Waals surface area contributed by atoms with Gasteiger partial charge in [-0.2, -0.15) is 9.97 Å². The third-order valence-corrected chi connectivity index (χ3v) is 6.63. The molecule has 0 unspecified atom stereocenters. The van der Waals surface area contributed by atoms with Crippen molar-refractivity contribution in [3.8, 4) is 0 Å². The highest BCUT2D eigenvalue weighted by atomic mass is 16.5. The number of carbonyl (C=O) groups is 4. The topological polar surface area (TPSA) is 215 Å². The highest BCUT2D eigenvalue weighted by Gasteiger charge is 2.23.